The highest BCUT2D eigenvalue weighted by Crippen LogP contribution is 2.30. The summed E-state index contributed by atoms with van der Waals surface area (Å²) in [6.45, 7) is 3.84. The van der Waals surface area contributed by atoms with E-state index < -0.39 is 0 Å². The Bertz CT molecular complexity index is 1430. The van der Waals surface area contributed by atoms with Gasteiger partial charge in [0.15, 0.2) is 5.76 Å². The molecule has 2 aromatic carbocycles. The van der Waals surface area contributed by atoms with E-state index in [0.29, 0.717) is 29.9 Å². The van der Waals surface area contributed by atoms with E-state index in [1.807, 2.05) is 68.4 Å². The lowest BCUT2D eigenvalue weighted by Gasteiger charge is -2.13. The zero-order chi connectivity index (χ0) is 23.7. The van der Waals surface area contributed by atoms with E-state index in [2.05, 4.69) is 20.8 Å². The van der Waals surface area contributed by atoms with E-state index in [1.165, 1.54) is 0 Å². The number of carbonyl (C=O) groups is 2. The van der Waals surface area contributed by atoms with Crippen LogP contribution in [0.5, 0.6) is 0 Å². The van der Waals surface area contributed by atoms with Crippen LogP contribution in [0, 0.1) is 13.8 Å². The van der Waals surface area contributed by atoms with Gasteiger partial charge in [-0.2, -0.15) is 5.10 Å². The number of benzene rings is 2. The minimum atomic E-state index is -0.385. The zero-order valence-electron chi connectivity index (χ0n) is 19.0. The maximum absolute atomic E-state index is 12.9. The fourth-order valence-corrected chi connectivity index (χ4v) is 4.19. The topological polar surface area (TPSA) is 96.6 Å². The van der Waals surface area contributed by atoms with Gasteiger partial charge in [0.05, 0.1) is 11.2 Å². The van der Waals surface area contributed by atoms with Crippen molar-refractivity contribution in [2.75, 3.05) is 5.32 Å². The second-order valence-electron chi connectivity index (χ2n) is 8.42. The van der Waals surface area contributed by atoms with Gasteiger partial charge in [-0.25, -0.2) is 10.4 Å². The molecule has 2 aromatic heterocycles. The number of rotatable bonds is 4. The molecule has 7 heteroatoms. The number of furan rings is 1. The molecule has 0 saturated carbocycles. The van der Waals surface area contributed by atoms with Crippen LogP contribution in [-0.2, 0) is 6.42 Å². The van der Waals surface area contributed by atoms with Crippen molar-refractivity contribution in [2.24, 2.45) is 5.10 Å². The standard InChI is InChI=1S/C27H24N4O3/c1-16-10-13-19(14-11-16)28-27(33)25-17(2)24-21(8-5-9-23(24)34-25)30-31-26(32)22-15-12-18-6-3-4-7-20(18)29-22/h3-4,6-7,10-15H,5,8-9H2,1-2H3,(H,28,33)(H,31,32)/b30-21+. The van der Waals surface area contributed by atoms with Crippen LogP contribution in [0.2, 0.25) is 0 Å². The summed E-state index contributed by atoms with van der Waals surface area (Å²) in [6.07, 6.45) is 2.22. The van der Waals surface area contributed by atoms with Gasteiger partial charge >= 0.3 is 0 Å². The molecule has 5 rings (SSSR count). The molecule has 0 unspecified atom stereocenters. The lowest BCUT2D eigenvalue weighted by molar-refractivity contribution is 0.0949. The number of carbonyl (C=O) groups excluding carboxylic acids is 2. The Morgan fingerprint density at radius 1 is 0.941 bits per heavy atom. The third-order valence-electron chi connectivity index (χ3n) is 5.96. The first-order chi connectivity index (χ1) is 16.5. The van der Waals surface area contributed by atoms with Crippen molar-refractivity contribution >= 4 is 34.1 Å². The average Bonchev–Trinajstić information content (AvgIpc) is 3.20. The number of hydrazone groups is 1. The van der Waals surface area contributed by atoms with E-state index in [4.69, 9.17) is 4.42 Å². The number of hydrogen-bond donors (Lipinski definition) is 2. The summed E-state index contributed by atoms with van der Waals surface area (Å²) in [5.74, 6) is 0.292. The van der Waals surface area contributed by atoms with E-state index in [1.54, 1.807) is 6.07 Å². The normalized spacial score (nSPS) is 14.1. The van der Waals surface area contributed by atoms with Crippen LogP contribution in [-0.4, -0.2) is 22.5 Å². The van der Waals surface area contributed by atoms with Gasteiger partial charge in [-0.05, 0) is 51.0 Å². The molecule has 1 aliphatic rings. The fraction of sp³-hybridized carbons (Fsp3) is 0.185. The molecule has 170 valence electrons. The van der Waals surface area contributed by atoms with Crippen molar-refractivity contribution in [1.29, 1.82) is 0 Å². The Balaban J connectivity index is 1.37. The monoisotopic (exact) mass is 452 g/mol. The lowest BCUT2D eigenvalue weighted by Crippen LogP contribution is -2.23. The van der Waals surface area contributed by atoms with Crippen LogP contribution >= 0.6 is 0 Å². The zero-order valence-corrected chi connectivity index (χ0v) is 19.0. The number of fused-ring (bicyclic) bond motifs is 2. The van der Waals surface area contributed by atoms with Gasteiger partial charge < -0.3 is 9.73 Å². The van der Waals surface area contributed by atoms with Crippen LogP contribution in [0.15, 0.2) is 70.2 Å². The van der Waals surface area contributed by atoms with Crippen molar-refractivity contribution in [3.8, 4) is 0 Å². The minimum Gasteiger partial charge on any atom is -0.455 e. The Hall–Kier alpha value is -4.26. The molecule has 7 nitrogen and oxygen atoms in total. The Labute approximate surface area is 196 Å². The van der Waals surface area contributed by atoms with Gasteiger partial charge in [0.2, 0.25) is 0 Å². The minimum absolute atomic E-state index is 0.266. The molecule has 0 saturated heterocycles. The second kappa shape index (κ2) is 8.94. The molecule has 2 N–H and O–H groups in total. The molecular weight excluding hydrogens is 428 g/mol. The Kier molecular flexibility index (Phi) is 5.67. The molecular formula is C27H24N4O3. The highest BCUT2D eigenvalue weighted by molar-refractivity contribution is 6.09. The van der Waals surface area contributed by atoms with Crippen LogP contribution in [0.4, 0.5) is 5.69 Å². The summed E-state index contributed by atoms with van der Waals surface area (Å²) in [7, 11) is 0. The van der Waals surface area contributed by atoms with Gasteiger partial charge in [-0.15, -0.1) is 0 Å². The molecule has 0 atom stereocenters. The van der Waals surface area contributed by atoms with Crippen molar-refractivity contribution in [3.05, 3.63) is 94.6 Å². The largest absolute Gasteiger partial charge is 0.455 e. The predicted molar refractivity (Wildman–Crippen MR) is 131 cm³/mol. The molecule has 0 radical (unpaired) electrons. The fourth-order valence-electron chi connectivity index (χ4n) is 4.19. The maximum atomic E-state index is 12.9. The first kappa shape index (κ1) is 21.6. The number of aromatic nitrogens is 1. The van der Waals surface area contributed by atoms with Gasteiger partial charge in [-0.3, -0.25) is 9.59 Å². The SMILES string of the molecule is Cc1ccc(NC(=O)c2oc3c(c2C)/C(=N/NC(=O)c2ccc4ccccc4n2)CCC3)cc1. The summed E-state index contributed by atoms with van der Waals surface area (Å²) in [4.78, 5) is 30.0. The quantitative estimate of drug-likeness (QED) is 0.418. The van der Waals surface area contributed by atoms with E-state index in [-0.39, 0.29) is 17.6 Å². The molecule has 2 heterocycles. The molecule has 1 aliphatic carbocycles. The summed E-state index contributed by atoms with van der Waals surface area (Å²) in [5.41, 5.74) is 7.70. The second-order valence-corrected chi connectivity index (χ2v) is 8.42. The number of hydrogen-bond acceptors (Lipinski definition) is 5. The summed E-state index contributed by atoms with van der Waals surface area (Å²) >= 11 is 0. The van der Waals surface area contributed by atoms with Crippen molar-refractivity contribution in [3.63, 3.8) is 0 Å². The first-order valence-electron chi connectivity index (χ1n) is 11.2. The van der Waals surface area contributed by atoms with Crippen molar-refractivity contribution < 1.29 is 14.0 Å². The van der Waals surface area contributed by atoms with E-state index in [0.717, 1.165) is 39.8 Å². The number of nitrogens with zero attached hydrogens (tertiary/aromatic N) is 2. The third-order valence-corrected chi connectivity index (χ3v) is 5.96. The Morgan fingerprint density at radius 3 is 2.56 bits per heavy atom. The molecule has 0 aliphatic heterocycles. The number of pyridine rings is 1. The highest BCUT2D eigenvalue weighted by Gasteiger charge is 2.28. The molecule has 0 bridgehead atoms. The molecule has 34 heavy (non-hydrogen) atoms. The van der Waals surface area contributed by atoms with Gasteiger partial charge in [0, 0.05) is 28.6 Å². The van der Waals surface area contributed by atoms with Crippen LogP contribution in [0.1, 0.15) is 56.3 Å². The third kappa shape index (κ3) is 4.20. The smallest absolute Gasteiger partial charge is 0.291 e. The van der Waals surface area contributed by atoms with Crippen molar-refractivity contribution in [2.45, 2.75) is 33.1 Å². The molecule has 0 fully saturated rings. The van der Waals surface area contributed by atoms with Crippen LogP contribution < -0.4 is 10.7 Å². The summed E-state index contributed by atoms with van der Waals surface area (Å²) in [5, 5.41) is 8.24. The summed E-state index contributed by atoms with van der Waals surface area (Å²) < 4.78 is 5.95. The van der Waals surface area contributed by atoms with E-state index >= 15 is 0 Å². The highest BCUT2D eigenvalue weighted by atomic mass is 16.4. The van der Waals surface area contributed by atoms with Gasteiger partial charge in [0.25, 0.3) is 11.8 Å². The Morgan fingerprint density at radius 2 is 1.74 bits per heavy atom. The van der Waals surface area contributed by atoms with Crippen LogP contribution in [0.25, 0.3) is 10.9 Å². The average molecular weight is 453 g/mol. The number of nitrogens with one attached hydrogen (secondary N) is 2. The predicted octanol–water partition coefficient (Wildman–Crippen LogP) is 5.17. The molecule has 2 amide bonds. The molecule has 4 aromatic rings. The molecule has 0 spiro atoms. The van der Waals surface area contributed by atoms with Gasteiger partial charge in [0.1, 0.15) is 11.5 Å². The maximum Gasteiger partial charge on any atom is 0.291 e. The number of para-hydroxylation sites is 1. The van der Waals surface area contributed by atoms with Crippen LogP contribution in [0.3, 0.4) is 0 Å². The first-order valence-corrected chi connectivity index (χ1v) is 11.2. The summed E-state index contributed by atoms with van der Waals surface area (Å²) in [6, 6.07) is 18.8. The number of aryl methyl sites for hydroxylation is 2. The number of anilines is 1. The van der Waals surface area contributed by atoms with E-state index in [9.17, 15) is 9.59 Å². The lowest BCUT2D eigenvalue weighted by atomic mass is 9.93. The van der Waals surface area contributed by atoms with Crippen molar-refractivity contribution in [1.82, 2.24) is 10.4 Å². The number of amides is 2. The van der Waals surface area contributed by atoms with Gasteiger partial charge in [-0.1, -0.05) is 42.0 Å².